The summed E-state index contributed by atoms with van der Waals surface area (Å²) in [5.74, 6) is -0.405. The number of hydrogen-bond acceptors (Lipinski definition) is 2. The van der Waals surface area contributed by atoms with Crippen molar-refractivity contribution in [1.82, 2.24) is 0 Å². The molecular weight excluding hydrogens is 526 g/mol. The Morgan fingerprint density at radius 3 is 1.06 bits per heavy atom. The fourth-order valence-corrected chi connectivity index (χ4v) is 2.76. The van der Waals surface area contributed by atoms with Gasteiger partial charge in [-0.15, -0.1) is 11.4 Å². The molecular formula is C28H24F2N2O2Zr. The molecule has 0 saturated heterocycles. The average Bonchev–Trinajstić information content (AvgIpc) is 2.82. The minimum Gasteiger partial charge on any atom is -1.00 e. The van der Waals surface area contributed by atoms with Crippen LogP contribution in [0.5, 0.6) is 0 Å². The van der Waals surface area contributed by atoms with Crippen LogP contribution < -0.4 is 9.41 Å². The molecule has 176 valence electrons. The van der Waals surface area contributed by atoms with E-state index in [0.717, 1.165) is 11.1 Å². The molecule has 7 heteroatoms. The van der Waals surface area contributed by atoms with Crippen molar-refractivity contribution in [2.45, 2.75) is 13.8 Å². The van der Waals surface area contributed by atoms with Crippen LogP contribution in [0.1, 0.15) is 31.8 Å². The normalized spacial score (nSPS) is 8.97. The number of para-hydroxylation sites is 2. The number of halogens is 2. The van der Waals surface area contributed by atoms with Gasteiger partial charge in [-0.1, -0.05) is 120 Å². The minimum atomic E-state index is -0.203. The number of aryl methyl sites for hydroxylation is 2. The van der Waals surface area contributed by atoms with Crippen molar-refractivity contribution >= 4 is 23.2 Å². The zero-order chi connectivity index (χ0) is 22.8. The molecule has 0 N–H and O–H groups in total. The van der Waals surface area contributed by atoms with Crippen LogP contribution in [0.3, 0.4) is 0 Å². The quantitative estimate of drug-likeness (QED) is 0.389. The van der Waals surface area contributed by atoms with E-state index in [1.54, 1.807) is 24.3 Å². The second-order valence-corrected chi connectivity index (χ2v) is 7.24. The van der Waals surface area contributed by atoms with E-state index in [4.69, 9.17) is 0 Å². The van der Waals surface area contributed by atoms with Crippen LogP contribution in [-0.4, -0.2) is 11.8 Å². The first-order valence-corrected chi connectivity index (χ1v) is 10.3. The van der Waals surface area contributed by atoms with Crippen LogP contribution in [0.15, 0.2) is 109 Å². The van der Waals surface area contributed by atoms with E-state index in [0.29, 0.717) is 22.5 Å². The van der Waals surface area contributed by atoms with Crippen LogP contribution in [0.4, 0.5) is 11.4 Å². The van der Waals surface area contributed by atoms with Gasteiger partial charge in [-0.3, -0.25) is 0 Å². The zero-order valence-electron chi connectivity index (χ0n) is 19.4. The number of benzene rings is 4. The van der Waals surface area contributed by atoms with Crippen LogP contribution >= 0.6 is 0 Å². The maximum atomic E-state index is 11.8. The predicted octanol–water partition coefficient (Wildman–Crippen LogP) is 1.69. The Balaban J connectivity index is 0.000000608. The third kappa shape index (κ3) is 10.6. The summed E-state index contributed by atoms with van der Waals surface area (Å²) < 4.78 is 0. The van der Waals surface area contributed by atoms with Gasteiger partial charge in [0, 0.05) is 0 Å². The summed E-state index contributed by atoms with van der Waals surface area (Å²) in [5.41, 5.74) is 4.89. The van der Waals surface area contributed by atoms with Gasteiger partial charge in [0.25, 0.3) is 0 Å². The molecule has 4 aromatic rings. The maximum absolute atomic E-state index is 11.8. The van der Waals surface area contributed by atoms with E-state index in [2.05, 4.69) is 10.6 Å². The molecule has 4 aromatic carbocycles. The van der Waals surface area contributed by atoms with Crippen molar-refractivity contribution in [2.24, 2.45) is 0 Å². The van der Waals surface area contributed by atoms with Gasteiger partial charge < -0.3 is 29.6 Å². The molecule has 4 nitrogen and oxygen atoms in total. The average molecular weight is 550 g/mol. The van der Waals surface area contributed by atoms with Crippen LogP contribution in [0.2, 0.25) is 0 Å². The van der Waals surface area contributed by atoms with Crippen LogP contribution in [-0.2, 0) is 26.2 Å². The third-order valence-corrected chi connectivity index (χ3v) is 4.57. The van der Waals surface area contributed by atoms with Gasteiger partial charge in [0.05, 0.1) is 11.8 Å². The Hall–Kier alpha value is -3.44. The molecule has 0 bridgehead atoms. The van der Waals surface area contributed by atoms with Gasteiger partial charge in [-0.2, -0.15) is 0 Å². The molecule has 35 heavy (non-hydrogen) atoms. The largest absolute Gasteiger partial charge is 4.00 e. The number of amides is 2. The SMILES string of the molecule is Cc1ccc(C(=O)[N-]c2ccccc2)cc1.Cc1ccc(C(=O)[N-]c2ccccc2)cc1.[F-].[F-].[Zr+4]. The molecule has 0 heterocycles. The van der Waals surface area contributed by atoms with Crippen molar-refractivity contribution in [2.75, 3.05) is 0 Å². The standard InChI is InChI=1S/2C14H13NO.2FH.Zr/c2*1-11-7-9-12(10-8-11)14(16)15-13-5-3-2-4-6-13;;;/h2*2-10H,1H3,(H,15,16);2*1H;/q;;;;+4/p-4. The van der Waals surface area contributed by atoms with Gasteiger partial charge in [-0.05, 0) is 25.0 Å². The van der Waals surface area contributed by atoms with E-state index in [-0.39, 0.29) is 47.4 Å². The molecule has 0 atom stereocenters. The summed E-state index contributed by atoms with van der Waals surface area (Å²) >= 11 is 0. The Bertz CT molecular complexity index is 1060. The third-order valence-electron chi connectivity index (χ3n) is 4.57. The summed E-state index contributed by atoms with van der Waals surface area (Å²) in [5, 5.41) is 8.04. The summed E-state index contributed by atoms with van der Waals surface area (Å²) in [6.45, 7) is 3.98. The van der Waals surface area contributed by atoms with E-state index in [1.165, 1.54) is 0 Å². The van der Waals surface area contributed by atoms with Gasteiger partial charge in [0.1, 0.15) is 0 Å². The van der Waals surface area contributed by atoms with Crippen molar-refractivity contribution < 1.29 is 45.2 Å². The van der Waals surface area contributed by atoms with E-state index >= 15 is 0 Å². The molecule has 2 amide bonds. The van der Waals surface area contributed by atoms with E-state index < -0.39 is 0 Å². The van der Waals surface area contributed by atoms with Gasteiger partial charge >= 0.3 is 26.2 Å². The number of hydrogen-bond donors (Lipinski definition) is 0. The summed E-state index contributed by atoms with van der Waals surface area (Å²) in [6.07, 6.45) is 0. The molecule has 0 aromatic heterocycles. The van der Waals surface area contributed by atoms with Gasteiger partial charge in [0.15, 0.2) is 0 Å². The molecule has 0 spiro atoms. The molecule has 4 rings (SSSR count). The summed E-state index contributed by atoms with van der Waals surface area (Å²) in [7, 11) is 0. The Labute approximate surface area is 223 Å². The topological polar surface area (TPSA) is 62.3 Å². The zero-order valence-corrected chi connectivity index (χ0v) is 21.8. The first-order valence-electron chi connectivity index (χ1n) is 10.3. The van der Waals surface area contributed by atoms with Crippen molar-refractivity contribution in [3.63, 3.8) is 0 Å². The maximum Gasteiger partial charge on any atom is 4.00 e. The smallest absolute Gasteiger partial charge is 1.00 e. The van der Waals surface area contributed by atoms with Crippen LogP contribution in [0.25, 0.3) is 10.6 Å². The number of carbonyl (C=O) groups is 2. The Kier molecular flexibility index (Phi) is 14.6. The summed E-state index contributed by atoms with van der Waals surface area (Å²) in [6, 6.07) is 33.3. The molecule has 0 aliphatic heterocycles. The number of nitrogens with zero attached hydrogens (tertiary/aromatic N) is 2. The van der Waals surface area contributed by atoms with Crippen molar-refractivity contribution in [1.29, 1.82) is 0 Å². The molecule has 0 radical (unpaired) electrons. The minimum absolute atomic E-state index is 0. The molecule has 0 fully saturated rings. The fourth-order valence-electron chi connectivity index (χ4n) is 2.76. The first kappa shape index (κ1) is 31.6. The first-order chi connectivity index (χ1) is 15.5. The Morgan fingerprint density at radius 2 is 0.771 bits per heavy atom. The molecule has 0 saturated carbocycles. The van der Waals surface area contributed by atoms with E-state index in [9.17, 15) is 9.59 Å². The Morgan fingerprint density at radius 1 is 0.486 bits per heavy atom. The van der Waals surface area contributed by atoms with Gasteiger partial charge in [0.2, 0.25) is 0 Å². The number of rotatable bonds is 4. The molecule has 0 aliphatic carbocycles. The monoisotopic (exact) mass is 548 g/mol. The number of carbonyl (C=O) groups excluding carboxylic acids is 2. The van der Waals surface area contributed by atoms with E-state index in [1.807, 2.05) is 98.8 Å². The van der Waals surface area contributed by atoms with Crippen molar-refractivity contribution in [3.05, 3.63) is 142 Å². The van der Waals surface area contributed by atoms with Crippen LogP contribution in [0, 0.1) is 13.8 Å². The fraction of sp³-hybridized carbons (Fsp3) is 0.0714. The predicted molar refractivity (Wildman–Crippen MR) is 130 cm³/mol. The molecule has 0 aliphatic rings. The summed E-state index contributed by atoms with van der Waals surface area (Å²) in [4.78, 5) is 23.5. The molecule has 0 unspecified atom stereocenters. The second kappa shape index (κ2) is 16.2. The van der Waals surface area contributed by atoms with Gasteiger partial charge in [-0.25, -0.2) is 0 Å². The van der Waals surface area contributed by atoms with Crippen molar-refractivity contribution in [3.8, 4) is 0 Å². The second-order valence-electron chi connectivity index (χ2n) is 7.24.